The minimum absolute atomic E-state index is 0.160. The van der Waals surface area contributed by atoms with Gasteiger partial charge < -0.3 is 19.9 Å². The van der Waals surface area contributed by atoms with Crippen LogP contribution in [0.1, 0.15) is 38.5 Å². The third-order valence-electron chi connectivity index (χ3n) is 7.99. The number of piperazine rings is 1. The summed E-state index contributed by atoms with van der Waals surface area (Å²) in [6, 6.07) is 10.1. The molecular formula is C24H37N3O2+2. The van der Waals surface area contributed by atoms with Gasteiger partial charge in [-0.15, -0.1) is 0 Å². The summed E-state index contributed by atoms with van der Waals surface area (Å²) in [5, 5.41) is 3.55. The van der Waals surface area contributed by atoms with Crippen LogP contribution in [0.15, 0.2) is 30.3 Å². The highest BCUT2D eigenvalue weighted by atomic mass is 16.5. The molecule has 1 saturated heterocycles. The molecule has 5 aliphatic rings. The van der Waals surface area contributed by atoms with Crippen molar-refractivity contribution in [3.8, 4) is 5.75 Å². The van der Waals surface area contributed by atoms with E-state index in [0.717, 1.165) is 62.8 Å². The topological polar surface area (TPSA) is 47.2 Å². The van der Waals surface area contributed by atoms with Gasteiger partial charge in [0.2, 0.25) is 0 Å². The van der Waals surface area contributed by atoms with E-state index in [0.29, 0.717) is 12.5 Å². The lowest BCUT2D eigenvalue weighted by molar-refractivity contribution is -1.01. The molecule has 5 fully saturated rings. The van der Waals surface area contributed by atoms with Gasteiger partial charge in [-0.2, -0.15) is 0 Å². The molecule has 0 radical (unpaired) electrons. The minimum Gasteiger partial charge on any atom is -0.488 e. The predicted molar refractivity (Wildman–Crippen MR) is 112 cm³/mol. The molecule has 0 unspecified atom stereocenters. The quantitative estimate of drug-likeness (QED) is 0.601. The Bertz CT molecular complexity index is 664. The highest BCUT2D eigenvalue weighted by molar-refractivity contribution is 5.77. The Morgan fingerprint density at radius 3 is 2.14 bits per heavy atom. The number of quaternary nitrogens is 2. The molecular weight excluding hydrogens is 362 g/mol. The van der Waals surface area contributed by atoms with E-state index in [2.05, 4.69) is 5.32 Å². The molecule has 4 bridgehead atoms. The highest BCUT2D eigenvalue weighted by Gasteiger charge is 2.51. The smallest absolute Gasteiger partial charge is 0.275 e. The number of para-hydroxylation sites is 1. The Kier molecular flexibility index (Phi) is 5.53. The van der Waals surface area contributed by atoms with Crippen LogP contribution in [0.25, 0.3) is 0 Å². The fraction of sp³-hybridized carbons (Fsp3) is 0.708. The van der Waals surface area contributed by atoms with Gasteiger partial charge in [0.25, 0.3) is 5.91 Å². The third-order valence-corrected chi connectivity index (χ3v) is 7.99. The van der Waals surface area contributed by atoms with Crippen LogP contribution in [0, 0.1) is 17.8 Å². The van der Waals surface area contributed by atoms with Crippen LogP contribution >= 0.6 is 0 Å². The number of benzene rings is 1. The van der Waals surface area contributed by atoms with E-state index in [-0.39, 0.29) is 5.54 Å². The molecule has 1 aliphatic heterocycles. The maximum atomic E-state index is 12.8. The average molecular weight is 400 g/mol. The summed E-state index contributed by atoms with van der Waals surface area (Å²) in [6.07, 6.45) is 8.04. The first kappa shape index (κ1) is 19.4. The lowest BCUT2D eigenvalue weighted by Crippen LogP contribution is -3.28. The van der Waals surface area contributed by atoms with Gasteiger partial charge in [0.05, 0.1) is 0 Å². The summed E-state index contributed by atoms with van der Waals surface area (Å²) in [6.45, 7) is 6.93. The molecule has 5 nitrogen and oxygen atoms in total. The van der Waals surface area contributed by atoms with Gasteiger partial charge in [-0.25, -0.2) is 0 Å². The van der Waals surface area contributed by atoms with Gasteiger partial charge in [-0.05, 0) is 68.4 Å². The van der Waals surface area contributed by atoms with Gasteiger partial charge in [0, 0.05) is 5.54 Å². The van der Waals surface area contributed by atoms with Crippen molar-refractivity contribution < 1.29 is 19.3 Å². The summed E-state index contributed by atoms with van der Waals surface area (Å²) in [7, 11) is 0. The van der Waals surface area contributed by atoms with Crippen molar-refractivity contribution >= 4 is 5.91 Å². The molecule has 1 aromatic carbocycles. The first-order chi connectivity index (χ1) is 14.2. The van der Waals surface area contributed by atoms with Gasteiger partial charge in [0.15, 0.2) is 6.54 Å². The minimum atomic E-state index is 0.160. The Hall–Kier alpha value is -1.59. The van der Waals surface area contributed by atoms with E-state index >= 15 is 0 Å². The molecule has 3 N–H and O–H groups in total. The largest absolute Gasteiger partial charge is 0.488 e. The van der Waals surface area contributed by atoms with Crippen LogP contribution in [0.2, 0.25) is 0 Å². The zero-order valence-corrected chi connectivity index (χ0v) is 17.6. The molecule has 1 amide bonds. The van der Waals surface area contributed by atoms with Gasteiger partial charge in [-0.3, -0.25) is 4.79 Å². The molecule has 4 saturated carbocycles. The lowest BCUT2D eigenvalue weighted by atomic mass is 9.53. The van der Waals surface area contributed by atoms with E-state index in [1.165, 1.54) is 43.4 Å². The number of amides is 1. The van der Waals surface area contributed by atoms with Gasteiger partial charge >= 0.3 is 0 Å². The molecule has 0 spiro atoms. The Balaban J connectivity index is 1.03. The van der Waals surface area contributed by atoms with E-state index in [9.17, 15) is 4.79 Å². The fourth-order valence-electron chi connectivity index (χ4n) is 7.04. The number of hydrogen-bond acceptors (Lipinski definition) is 2. The third kappa shape index (κ3) is 4.61. The van der Waals surface area contributed by atoms with Crippen molar-refractivity contribution in [3.05, 3.63) is 30.3 Å². The number of rotatable bonds is 7. The van der Waals surface area contributed by atoms with E-state index in [4.69, 9.17) is 4.74 Å². The van der Waals surface area contributed by atoms with E-state index in [1.807, 2.05) is 30.3 Å². The number of nitrogens with one attached hydrogen (secondary N) is 3. The summed E-state index contributed by atoms with van der Waals surface area (Å²) in [4.78, 5) is 15.9. The second-order valence-electron chi connectivity index (χ2n) is 10.3. The molecule has 1 aromatic rings. The van der Waals surface area contributed by atoms with Crippen LogP contribution in [0.3, 0.4) is 0 Å². The van der Waals surface area contributed by atoms with Crippen molar-refractivity contribution in [2.75, 3.05) is 45.9 Å². The van der Waals surface area contributed by atoms with Crippen LogP contribution in [0.4, 0.5) is 0 Å². The van der Waals surface area contributed by atoms with Crippen LogP contribution in [-0.4, -0.2) is 57.3 Å². The van der Waals surface area contributed by atoms with Crippen LogP contribution in [0.5, 0.6) is 5.75 Å². The lowest BCUT2D eigenvalue weighted by Gasteiger charge is -2.56. The van der Waals surface area contributed by atoms with Crippen molar-refractivity contribution in [2.24, 2.45) is 17.8 Å². The van der Waals surface area contributed by atoms with Crippen molar-refractivity contribution in [2.45, 2.75) is 44.1 Å². The standard InChI is InChI=1S/C24H35N3O2/c28-23(25-24-15-19-12-20(16-24)14-21(13-19)17-24)18-27-8-6-26(7-9-27)10-11-29-22-4-2-1-3-5-22/h1-5,19-21H,6-18H2,(H,25,28)/p+2. The summed E-state index contributed by atoms with van der Waals surface area (Å²) in [5.74, 6) is 3.92. The first-order valence-electron chi connectivity index (χ1n) is 11.8. The Labute approximate surface area is 174 Å². The molecule has 5 heteroatoms. The van der Waals surface area contributed by atoms with Crippen molar-refractivity contribution in [3.63, 3.8) is 0 Å². The van der Waals surface area contributed by atoms with Crippen LogP contribution < -0.4 is 19.9 Å². The maximum absolute atomic E-state index is 12.8. The second kappa shape index (κ2) is 8.27. The highest BCUT2D eigenvalue weighted by Crippen LogP contribution is 2.55. The molecule has 6 rings (SSSR count). The van der Waals surface area contributed by atoms with E-state index < -0.39 is 0 Å². The zero-order valence-electron chi connectivity index (χ0n) is 17.6. The summed E-state index contributed by atoms with van der Waals surface area (Å²) in [5.41, 5.74) is 0.160. The number of carbonyl (C=O) groups excluding carboxylic acids is 1. The van der Waals surface area contributed by atoms with Gasteiger partial charge in [0.1, 0.15) is 45.1 Å². The molecule has 4 aliphatic carbocycles. The summed E-state index contributed by atoms with van der Waals surface area (Å²) < 4.78 is 5.84. The normalized spacial score (nSPS) is 38.0. The van der Waals surface area contributed by atoms with Crippen molar-refractivity contribution in [1.82, 2.24) is 5.32 Å². The van der Waals surface area contributed by atoms with E-state index in [1.54, 1.807) is 4.90 Å². The Morgan fingerprint density at radius 1 is 0.931 bits per heavy atom. The number of carbonyl (C=O) groups is 1. The fourth-order valence-corrected chi connectivity index (χ4v) is 7.04. The van der Waals surface area contributed by atoms with Crippen LogP contribution in [-0.2, 0) is 4.79 Å². The van der Waals surface area contributed by atoms with Crippen molar-refractivity contribution in [1.29, 1.82) is 0 Å². The summed E-state index contributed by atoms with van der Waals surface area (Å²) >= 11 is 0. The Morgan fingerprint density at radius 2 is 1.52 bits per heavy atom. The monoisotopic (exact) mass is 399 g/mol. The average Bonchev–Trinajstić information content (AvgIpc) is 2.68. The predicted octanol–water partition coefficient (Wildman–Crippen LogP) is -0.0662. The second-order valence-corrected chi connectivity index (χ2v) is 10.3. The first-order valence-corrected chi connectivity index (χ1v) is 11.8. The molecule has 1 heterocycles. The molecule has 0 atom stereocenters. The zero-order chi connectivity index (χ0) is 19.7. The molecule has 0 aromatic heterocycles. The molecule has 158 valence electrons. The maximum Gasteiger partial charge on any atom is 0.275 e. The SMILES string of the molecule is O=C(C[NH+]1CC[NH+](CCOc2ccccc2)CC1)NC12CC3CC(CC(C3)C1)C2. The number of hydrogen-bond donors (Lipinski definition) is 3. The number of ether oxygens (including phenoxy) is 1. The molecule has 29 heavy (non-hydrogen) atoms. The van der Waals surface area contributed by atoms with Gasteiger partial charge in [-0.1, -0.05) is 18.2 Å².